The Morgan fingerprint density at radius 2 is 1.00 bits per heavy atom. The summed E-state index contributed by atoms with van der Waals surface area (Å²) in [7, 11) is 1.83. The fourth-order valence-corrected chi connectivity index (χ4v) is 9.34. The van der Waals surface area contributed by atoms with Crippen LogP contribution in [-0.2, 0) is 35.6 Å². The zero-order valence-corrected chi connectivity index (χ0v) is 33.4. The molecule has 3 heterocycles. The summed E-state index contributed by atoms with van der Waals surface area (Å²) in [6.45, 7) is 9.77. The van der Waals surface area contributed by atoms with Gasteiger partial charge in [0.1, 0.15) is 23.3 Å². The molecule has 56 heavy (non-hydrogen) atoms. The van der Waals surface area contributed by atoms with Gasteiger partial charge in [-0.3, -0.25) is 19.4 Å². The number of rotatable bonds is 8. The van der Waals surface area contributed by atoms with E-state index >= 15 is 0 Å². The third kappa shape index (κ3) is 7.73. The molecule has 13 heteroatoms. The van der Waals surface area contributed by atoms with Gasteiger partial charge < -0.3 is 23.5 Å². The maximum atomic E-state index is 13.4. The third-order valence-electron chi connectivity index (χ3n) is 11.8. The molecule has 0 N–H and O–H groups in total. The summed E-state index contributed by atoms with van der Waals surface area (Å²) < 4.78 is 24.2. The molecule has 300 valence electrons. The van der Waals surface area contributed by atoms with Gasteiger partial charge in [0, 0.05) is 52.1 Å². The van der Waals surface area contributed by atoms with Crippen molar-refractivity contribution in [1.82, 2.24) is 14.4 Å². The number of ether oxygens (including phenoxy) is 4. The summed E-state index contributed by atoms with van der Waals surface area (Å²) in [6, 6.07) is 8.72. The number of ketones is 2. The van der Waals surface area contributed by atoms with E-state index in [1.165, 1.54) is 9.80 Å². The molecule has 6 atom stereocenters. The molecule has 7 rings (SSSR count). The predicted molar refractivity (Wildman–Crippen MR) is 206 cm³/mol. The van der Waals surface area contributed by atoms with Crippen molar-refractivity contribution in [3.8, 4) is 0 Å². The minimum Gasteiger partial charge on any atom is -0.456 e. The van der Waals surface area contributed by atoms with E-state index < -0.39 is 60.6 Å². The molecule has 4 aliphatic rings. The summed E-state index contributed by atoms with van der Waals surface area (Å²) in [5.74, 6) is -1.60. The van der Waals surface area contributed by atoms with E-state index in [1.807, 2.05) is 23.7 Å². The van der Waals surface area contributed by atoms with E-state index in [0.29, 0.717) is 24.0 Å². The molecule has 2 amide bonds. The minimum absolute atomic E-state index is 0.0776. The highest BCUT2D eigenvalue weighted by atomic mass is 16.6. The molecule has 0 unspecified atom stereocenters. The van der Waals surface area contributed by atoms with Gasteiger partial charge >= 0.3 is 24.1 Å². The van der Waals surface area contributed by atoms with Crippen LogP contribution in [0.1, 0.15) is 114 Å². The first-order chi connectivity index (χ1) is 26.4. The molecule has 4 fully saturated rings. The summed E-state index contributed by atoms with van der Waals surface area (Å²) in [5, 5.41) is 1.72. The first kappa shape index (κ1) is 39.3. The number of fused-ring (bicyclic) bond motifs is 5. The lowest BCUT2D eigenvalue weighted by atomic mass is 10.0. The number of nitrogens with zero attached hydrogens (tertiary/aromatic N) is 3. The van der Waals surface area contributed by atoms with Crippen molar-refractivity contribution in [3.63, 3.8) is 0 Å². The topological polar surface area (TPSA) is 151 Å². The van der Waals surface area contributed by atoms with Crippen LogP contribution in [0.2, 0.25) is 0 Å². The highest BCUT2D eigenvalue weighted by Gasteiger charge is 2.52. The molecular formula is C43H53N3O10. The fraction of sp³-hybridized carbons (Fsp3) is 0.581. The molecule has 2 aliphatic heterocycles. The number of likely N-dealkylation sites (tertiary alicyclic amines) is 2. The van der Waals surface area contributed by atoms with Crippen molar-refractivity contribution in [2.75, 3.05) is 13.2 Å². The second-order valence-corrected chi connectivity index (χ2v) is 17.9. The molecule has 2 aliphatic carbocycles. The van der Waals surface area contributed by atoms with Crippen molar-refractivity contribution in [3.05, 3.63) is 47.5 Å². The van der Waals surface area contributed by atoms with Crippen LogP contribution in [0.5, 0.6) is 0 Å². The second-order valence-electron chi connectivity index (χ2n) is 17.9. The number of carbonyl (C=O) groups is 6. The smallest absolute Gasteiger partial charge is 0.411 e. The summed E-state index contributed by atoms with van der Waals surface area (Å²) in [5.41, 5.74) is 0.746. The number of esters is 2. The van der Waals surface area contributed by atoms with Gasteiger partial charge in [0.2, 0.25) is 0 Å². The van der Waals surface area contributed by atoms with E-state index in [4.69, 9.17) is 18.9 Å². The maximum Gasteiger partial charge on any atom is 0.411 e. The Morgan fingerprint density at radius 3 is 1.38 bits per heavy atom. The lowest BCUT2D eigenvalue weighted by molar-refractivity contribution is -0.148. The number of aryl methyl sites for hydroxylation is 1. The molecule has 2 saturated heterocycles. The Kier molecular flexibility index (Phi) is 10.4. The average molecular weight is 772 g/mol. The zero-order chi connectivity index (χ0) is 40.3. The first-order valence-electron chi connectivity index (χ1n) is 19.8. The molecule has 0 spiro atoms. The van der Waals surface area contributed by atoms with E-state index in [9.17, 15) is 28.8 Å². The van der Waals surface area contributed by atoms with Crippen LogP contribution in [-0.4, -0.2) is 98.6 Å². The number of aromatic nitrogens is 1. The van der Waals surface area contributed by atoms with Crippen LogP contribution in [0, 0.1) is 11.8 Å². The summed E-state index contributed by atoms with van der Waals surface area (Å²) >= 11 is 0. The highest BCUT2D eigenvalue weighted by molar-refractivity contribution is 6.12. The van der Waals surface area contributed by atoms with Gasteiger partial charge in [-0.25, -0.2) is 19.2 Å². The second kappa shape index (κ2) is 14.9. The van der Waals surface area contributed by atoms with Crippen molar-refractivity contribution in [1.29, 1.82) is 0 Å². The highest BCUT2D eigenvalue weighted by Crippen LogP contribution is 2.43. The number of hydrogen-bond acceptors (Lipinski definition) is 10. The van der Waals surface area contributed by atoms with E-state index in [-0.39, 0.29) is 35.5 Å². The van der Waals surface area contributed by atoms with Crippen LogP contribution in [0.25, 0.3) is 21.8 Å². The molecule has 0 bridgehead atoms. The average Bonchev–Trinajstić information content (AvgIpc) is 3.94. The zero-order valence-electron chi connectivity index (χ0n) is 33.4. The van der Waals surface area contributed by atoms with E-state index in [2.05, 4.69) is 0 Å². The van der Waals surface area contributed by atoms with Gasteiger partial charge in [-0.2, -0.15) is 0 Å². The van der Waals surface area contributed by atoms with Gasteiger partial charge in [-0.15, -0.1) is 0 Å². The summed E-state index contributed by atoms with van der Waals surface area (Å²) in [4.78, 5) is 82.8. The lowest BCUT2D eigenvalue weighted by Crippen LogP contribution is -2.47. The SMILES string of the molecule is Cn1c2cc(C(=O)COC(=O)[C@@H]3C[C@H]4CCC[C@H]4N3C(=O)OC(C)(C)C)ccc2c2ccc(C(=O)COC(=O)[C@@H]3C[C@@H]4CCC[C@@H]4N3C(=O)OC(C)(C)C)cc21. The van der Waals surface area contributed by atoms with Crippen molar-refractivity contribution in [2.24, 2.45) is 18.9 Å². The minimum atomic E-state index is -0.802. The van der Waals surface area contributed by atoms with Crippen molar-refractivity contribution < 1.29 is 47.7 Å². The Morgan fingerprint density at radius 1 is 0.607 bits per heavy atom. The first-order valence-corrected chi connectivity index (χ1v) is 19.8. The van der Waals surface area contributed by atoms with E-state index in [1.54, 1.807) is 65.8 Å². The Bertz CT molecular complexity index is 1940. The number of hydrogen-bond donors (Lipinski definition) is 0. The molecule has 1 aromatic heterocycles. The number of Topliss-reactive ketones (excluding diaryl/α,β-unsaturated/α-hetero) is 2. The monoisotopic (exact) mass is 771 g/mol. The van der Waals surface area contributed by atoms with Crippen molar-refractivity contribution >= 4 is 57.5 Å². The quantitative estimate of drug-likeness (QED) is 0.131. The Hall–Kier alpha value is -4.94. The number of benzene rings is 2. The molecular weight excluding hydrogens is 718 g/mol. The van der Waals surface area contributed by atoms with Crippen LogP contribution in [0.15, 0.2) is 36.4 Å². The normalized spacial score (nSPS) is 24.6. The van der Waals surface area contributed by atoms with Gasteiger partial charge in [0.25, 0.3) is 0 Å². The number of carbonyl (C=O) groups excluding carboxylic acids is 6. The van der Waals surface area contributed by atoms with E-state index in [0.717, 1.165) is 60.3 Å². The van der Waals surface area contributed by atoms with Crippen molar-refractivity contribution in [2.45, 2.75) is 128 Å². The third-order valence-corrected chi connectivity index (χ3v) is 11.8. The van der Waals surface area contributed by atoms with Gasteiger partial charge in [0.15, 0.2) is 24.8 Å². The van der Waals surface area contributed by atoms with Crippen LogP contribution < -0.4 is 0 Å². The van der Waals surface area contributed by atoms with Gasteiger partial charge in [-0.1, -0.05) is 37.1 Å². The lowest BCUT2D eigenvalue weighted by Gasteiger charge is -2.31. The largest absolute Gasteiger partial charge is 0.456 e. The number of amides is 2. The molecule has 13 nitrogen and oxygen atoms in total. The fourth-order valence-electron chi connectivity index (χ4n) is 9.34. The Labute approximate surface area is 326 Å². The van der Waals surface area contributed by atoms with Gasteiger partial charge in [0.05, 0.1) is 0 Å². The Balaban J connectivity index is 1.00. The standard InChI is InChI=1S/C43H53N3O10/c1-42(2,3)55-40(51)45-30-12-8-10-24(30)18-34(45)38(49)53-22-36(47)26-14-16-28-29-17-15-27(21-33(29)44(7)32(28)20-26)37(48)23-54-39(50)35-19-25-11-9-13-31(25)46(35)41(52)56-43(4,5)6/h14-17,20-21,24-25,30-31,34-35H,8-13,18-19,22-23H2,1-7H3/t24-,25+,30-,31+,34-,35-/m0/s1. The van der Waals surface area contributed by atoms with Crippen LogP contribution in [0.4, 0.5) is 9.59 Å². The maximum absolute atomic E-state index is 13.4. The molecule has 2 saturated carbocycles. The molecule has 0 radical (unpaired) electrons. The predicted octanol–water partition coefficient (Wildman–Crippen LogP) is 7.14. The summed E-state index contributed by atoms with van der Waals surface area (Å²) in [6.07, 6.45) is 5.33. The molecule has 3 aromatic rings. The van der Waals surface area contributed by atoms with Crippen LogP contribution >= 0.6 is 0 Å². The van der Waals surface area contributed by atoms with Gasteiger partial charge in [-0.05, 0) is 104 Å². The van der Waals surface area contributed by atoms with Crippen LogP contribution in [0.3, 0.4) is 0 Å². The molecule has 2 aromatic carbocycles.